The van der Waals surface area contributed by atoms with Crippen LogP contribution >= 0.6 is 12.2 Å². The first-order valence-electron chi connectivity index (χ1n) is 8.70. The van der Waals surface area contributed by atoms with E-state index in [9.17, 15) is 19.2 Å². The van der Waals surface area contributed by atoms with Crippen molar-refractivity contribution in [1.29, 1.82) is 0 Å². The topological polar surface area (TPSA) is 130 Å². The smallest absolute Gasteiger partial charge is 0.305 e. The van der Waals surface area contributed by atoms with Gasteiger partial charge in [0.05, 0.1) is 0 Å². The molecule has 5 unspecified atom stereocenters. The molecular formula is C17H26N2O9S. The zero-order valence-corrected chi connectivity index (χ0v) is 17.9. The van der Waals surface area contributed by atoms with Crippen molar-refractivity contribution in [3.05, 3.63) is 0 Å². The molecule has 11 nitrogen and oxygen atoms in total. The Labute approximate surface area is 173 Å². The lowest BCUT2D eigenvalue weighted by Crippen LogP contribution is -2.67. The summed E-state index contributed by atoms with van der Waals surface area (Å²) >= 11 is 5.23. The Hall–Kier alpha value is -2.47. The summed E-state index contributed by atoms with van der Waals surface area (Å²) in [7, 11) is 3.35. The third-order valence-corrected chi connectivity index (χ3v) is 4.16. The fraction of sp³-hybridized carbons (Fsp3) is 0.706. The van der Waals surface area contributed by atoms with Crippen molar-refractivity contribution >= 4 is 41.2 Å². The number of ether oxygens (including phenoxy) is 5. The van der Waals surface area contributed by atoms with Gasteiger partial charge >= 0.3 is 23.9 Å². The first-order chi connectivity index (χ1) is 13.4. The third kappa shape index (κ3) is 7.81. The fourth-order valence-electron chi connectivity index (χ4n) is 2.59. The van der Waals surface area contributed by atoms with E-state index in [0.29, 0.717) is 0 Å². The van der Waals surface area contributed by atoms with Gasteiger partial charge in [0.25, 0.3) is 0 Å². The van der Waals surface area contributed by atoms with Gasteiger partial charge in [-0.25, -0.2) is 0 Å². The second kappa shape index (κ2) is 10.9. The summed E-state index contributed by atoms with van der Waals surface area (Å²) in [6.07, 6.45) is -4.66. The van der Waals surface area contributed by atoms with E-state index >= 15 is 0 Å². The summed E-state index contributed by atoms with van der Waals surface area (Å²) in [5.41, 5.74) is 0. The average molecular weight is 434 g/mol. The second-order valence-corrected chi connectivity index (χ2v) is 6.86. The molecule has 1 aliphatic rings. The van der Waals surface area contributed by atoms with E-state index in [1.807, 2.05) is 0 Å². The van der Waals surface area contributed by atoms with Crippen LogP contribution in [0.1, 0.15) is 27.7 Å². The Bertz CT molecular complexity index is 655. The van der Waals surface area contributed by atoms with Crippen molar-refractivity contribution < 1.29 is 42.9 Å². The molecule has 164 valence electrons. The highest BCUT2D eigenvalue weighted by atomic mass is 32.1. The Morgan fingerprint density at radius 1 is 0.897 bits per heavy atom. The molecule has 1 rings (SSSR count). The minimum Gasteiger partial charge on any atom is -0.463 e. The van der Waals surface area contributed by atoms with Gasteiger partial charge in [-0.1, -0.05) is 0 Å². The van der Waals surface area contributed by atoms with Crippen LogP contribution in [0.3, 0.4) is 0 Å². The Kier molecular flexibility index (Phi) is 9.24. The fourth-order valence-corrected chi connectivity index (χ4v) is 2.73. The average Bonchev–Trinajstić information content (AvgIpc) is 2.56. The Balaban J connectivity index is 3.34. The lowest BCUT2D eigenvalue weighted by Gasteiger charge is -2.45. The molecule has 1 saturated heterocycles. The molecule has 0 spiro atoms. The number of nitrogens with zero attached hydrogens (tertiary/aromatic N) is 1. The maximum absolute atomic E-state index is 11.7. The van der Waals surface area contributed by atoms with E-state index in [1.165, 1.54) is 27.7 Å². The number of carbonyl (C=O) groups excluding carboxylic acids is 4. The maximum atomic E-state index is 11.7. The largest absolute Gasteiger partial charge is 0.463 e. The first kappa shape index (κ1) is 24.6. The molecule has 1 N–H and O–H groups in total. The van der Waals surface area contributed by atoms with E-state index in [2.05, 4.69) is 5.32 Å². The Morgan fingerprint density at radius 2 is 1.41 bits per heavy atom. The summed E-state index contributed by atoms with van der Waals surface area (Å²) in [5, 5.41) is 3.13. The summed E-state index contributed by atoms with van der Waals surface area (Å²) < 4.78 is 26.6. The number of hydrogen-bond donors (Lipinski definition) is 1. The molecule has 1 fully saturated rings. The zero-order valence-electron chi connectivity index (χ0n) is 17.1. The molecule has 0 radical (unpaired) electrons. The van der Waals surface area contributed by atoms with E-state index in [4.69, 9.17) is 35.9 Å². The van der Waals surface area contributed by atoms with Crippen molar-refractivity contribution in [2.24, 2.45) is 0 Å². The predicted octanol–water partition coefficient (Wildman–Crippen LogP) is -0.494. The summed E-state index contributed by atoms with van der Waals surface area (Å²) in [6, 6.07) is -1.00. The standard InChI is InChI=1S/C17H26N2O9S/c1-8(20)24-7-12-14(25-9(2)21)15(26-10(3)22)13(18-17(29)19(5)6)16(28-12)27-11(4)23/h12-16H,7H2,1-6H3,(H,18,29). The molecule has 0 saturated carbocycles. The van der Waals surface area contributed by atoms with Crippen molar-refractivity contribution in [3.63, 3.8) is 0 Å². The summed E-state index contributed by atoms with van der Waals surface area (Å²) in [4.78, 5) is 47.8. The van der Waals surface area contributed by atoms with E-state index < -0.39 is 54.5 Å². The van der Waals surface area contributed by atoms with Crippen molar-refractivity contribution in [3.8, 4) is 0 Å². The quantitative estimate of drug-likeness (QED) is 0.329. The molecule has 0 aromatic rings. The molecule has 1 heterocycles. The van der Waals surface area contributed by atoms with Gasteiger partial charge in [0, 0.05) is 41.8 Å². The van der Waals surface area contributed by atoms with E-state index in [-0.39, 0.29) is 11.7 Å². The highest BCUT2D eigenvalue weighted by Crippen LogP contribution is 2.28. The molecule has 0 amide bonds. The van der Waals surface area contributed by atoms with Gasteiger partial charge in [-0.05, 0) is 12.2 Å². The third-order valence-electron chi connectivity index (χ3n) is 3.68. The van der Waals surface area contributed by atoms with Gasteiger partial charge in [0.15, 0.2) is 17.3 Å². The lowest BCUT2D eigenvalue weighted by atomic mass is 9.96. The van der Waals surface area contributed by atoms with Crippen molar-refractivity contribution in [1.82, 2.24) is 10.2 Å². The van der Waals surface area contributed by atoms with E-state index in [1.54, 1.807) is 19.0 Å². The Morgan fingerprint density at radius 3 is 1.86 bits per heavy atom. The maximum Gasteiger partial charge on any atom is 0.305 e. The number of carbonyl (C=O) groups is 4. The summed E-state index contributed by atoms with van der Waals surface area (Å²) in [6.45, 7) is 4.37. The number of nitrogens with one attached hydrogen (secondary N) is 1. The molecular weight excluding hydrogens is 408 g/mol. The van der Waals surface area contributed by atoms with Crippen LogP contribution in [0.15, 0.2) is 0 Å². The highest BCUT2D eigenvalue weighted by molar-refractivity contribution is 7.80. The van der Waals surface area contributed by atoms with Gasteiger partial charge in [-0.2, -0.15) is 0 Å². The number of esters is 4. The van der Waals surface area contributed by atoms with Crippen LogP contribution in [0.5, 0.6) is 0 Å². The molecule has 0 aliphatic carbocycles. The molecule has 0 aromatic carbocycles. The van der Waals surface area contributed by atoms with Crippen LogP contribution in [0.2, 0.25) is 0 Å². The van der Waals surface area contributed by atoms with Crippen LogP contribution in [0, 0.1) is 0 Å². The molecule has 29 heavy (non-hydrogen) atoms. The lowest BCUT2D eigenvalue weighted by molar-refractivity contribution is -0.269. The van der Waals surface area contributed by atoms with Gasteiger partial charge in [-0.3, -0.25) is 19.2 Å². The minimum absolute atomic E-state index is 0.230. The molecule has 5 atom stereocenters. The van der Waals surface area contributed by atoms with Crippen molar-refractivity contribution in [2.45, 2.75) is 58.3 Å². The summed E-state index contributed by atoms with van der Waals surface area (Å²) in [5.74, 6) is -2.62. The number of thiocarbonyl (C=S) groups is 1. The van der Waals surface area contributed by atoms with Gasteiger partial charge < -0.3 is 33.9 Å². The normalized spacial score (nSPS) is 25.9. The molecule has 12 heteroatoms. The van der Waals surface area contributed by atoms with Gasteiger partial charge in [-0.15, -0.1) is 0 Å². The molecule has 1 aliphatic heterocycles. The van der Waals surface area contributed by atoms with Crippen LogP contribution in [-0.2, 0) is 42.9 Å². The van der Waals surface area contributed by atoms with Crippen molar-refractivity contribution in [2.75, 3.05) is 20.7 Å². The zero-order chi connectivity index (χ0) is 22.3. The van der Waals surface area contributed by atoms with E-state index in [0.717, 1.165) is 0 Å². The van der Waals surface area contributed by atoms with Gasteiger partial charge in [0.2, 0.25) is 6.29 Å². The minimum atomic E-state index is -1.28. The molecule has 0 bridgehead atoms. The van der Waals surface area contributed by atoms with Crippen LogP contribution in [-0.4, -0.2) is 85.2 Å². The number of hydrogen-bond acceptors (Lipinski definition) is 10. The molecule has 0 aromatic heterocycles. The predicted molar refractivity (Wildman–Crippen MR) is 101 cm³/mol. The first-order valence-corrected chi connectivity index (χ1v) is 9.11. The van der Waals surface area contributed by atoms with Gasteiger partial charge in [0.1, 0.15) is 18.8 Å². The number of rotatable bonds is 6. The highest BCUT2D eigenvalue weighted by Gasteiger charge is 2.52. The SMILES string of the molecule is CC(=O)OCC1OC(OC(C)=O)C(NC(=S)N(C)C)C(OC(C)=O)C1OC(C)=O. The van der Waals surface area contributed by atoms with Crippen LogP contribution < -0.4 is 5.32 Å². The monoisotopic (exact) mass is 434 g/mol. The second-order valence-electron chi connectivity index (χ2n) is 6.47. The van der Waals surface area contributed by atoms with Crippen LogP contribution in [0.4, 0.5) is 0 Å². The van der Waals surface area contributed by atoms with Crippen LogP contribution in [0.25, 0.3) is 0 Å².